The molecule has 0 rings (SSSR count). The van der Waals surface area contributed by atoms with Gasteiger partial charge in [0, 0.05) is 0 Å². The first kappa shape index (κ1) is 19.7. The third kappa shape index (κ3) is 6.36. The molecule has 0 bridgehead atoms. The first-order valence-corrected chi connectivity index (χ1v) is 7.91. The molecule has 0 spiro atoms. The van der Waals surface area contributed by atoms with Gasteiger partial charge in [-0.1, -0.05) is 27.7 Å². The Bertz CT molecular complexity index is 327. The van der Waals surface area contributed by atoms with Gasteiger partial charge < -0.3 is 14.8 Å². The lowest BCUT2D eigenvalue weighted by Crippen LogP contribution is -2.39. The first-order chi connectivity index (χ1) is 9.76. The molecular weight excluding hydrogens is 270 g/mol. The normalized spacial score (nSPS) is 11.9. The van der Waals surface area contributed by atoms with Crippen LogP contribution in [0.4, 0.5) is 4.79 Å². The highest BCUT2D eigenvalue weighted by molar-refractivity contribution is 5.75. The van der Waals surface area contributed by atoms with Crippen LogP contribution in [-0.2, 0) is 14.3 Å². The molecule has 0 aliphatic heterocycles. The van der Waals surface area contributed by atoms with Gasteiger partial charge in [-0.05, 0) is 39.5 Å². The summed E-state index contributed by atoms with van der Waals surface area (Å²) in [5, 5.41) is 2.63. The van der Waals surface area contributed by atoms with Gasteiger partial charge in [-0.2, -0.15) is 0 Å². The van der Waals surface area contributed by atoms with Gasteiger partial charge >= 0.3 is 12.1 Å². The van der Waals surface area contributed by atoms with E-state index in [9.17, 15) is 9.59 Å². The van der Waals surface area contributed by atoms with Crippen molar-refractivity contribution in [1.29, 1.82) is 0 Å². The van der Waals surface area contributed by atoms with Gasteiger partial charge in [0.15, 0.2) is 0 Å². The van der Waals surface area contributed by atoms with Crippen LogP contribution in [0.5, 0.6) is 0 Å². The molecule has 0 aromatic rings. The Morgan fingerprint density at radius 1 is 0.952 bits per heavy atom. The van der Waals surface area contributed by atoms with Gasteiger partial charge in [0.2, 0.25) is 0 Å². The number of carbonyl (C=O) groups excluding carboxylic acids is 2. The third-order valence-corrected chi connectivity index (χ3v) is 4.28. The number of nitrogens with one attached hydrogen (secondary N) is 1. The molecule has 5 heteroatoms. The van der Waals surface area contributed by atoms with E-state index < -0.39 is 17.1 Å². The summed E-state index contributed by atoms with van der Waals surface area (Å²) in [6.45, 7) is 12.1. The van der Waals surface area contributed by atoms with Crippen LogP contribution < -0.4 is 5.32 Å². The van der Waals surface area contributed by atoms with E-state index in [1.807, 2.05) is 41.5 Å². The second-order valence-electron chi connectivity index (χ2n) is 5.93. The SMILES string of the molecule is CCC(CC)(CC)OC(=O)NCCOC(=O)C(C)(C)CC. The van der Waals surface area contributed by atoms with Crippen LogP contribution in [0.2, 0.25) is 0 Å². The second kappa shape index (κ2) is 8.90. The van der Waals surface area contributed by atoms with Crippen LogP contribution in [0.25, 0.3) is 0 Å². The summed E-state index contributed by atoms with van der Waals surface area (Å²) in [4.78, 5) is 23.5. The molecule has 0 saturated carbocycles. The maximum atomic E-state index is 11.8. The fourth-order valence-electron chi connectivity index (χ4n) is 1.84. The summed E-state index contributed by atoms with van der Waals surface area (Å²) in [6, 6.07) is 0. The van der Waals surface area contributed by atoms with Crippen molar-refractivity contribution in [2.45, 2.75) is 72.8 Å². The standard InChI is InChI=1S/C16H31NO4/c1-7-15(5,6)13(18)20-12-11-17-14(19)21-16(8-2,9-3)10-4/h7-12H2,1-6H3,(H,17,19). The van der Waals surface area contributed by atoms with Gasteiger partial charge in [0.25, 0.3) is 0 Å². The molecule has 1 N–H and O–H groups in total. The van der Waals surface area contributed by atoms with Crippen LogP contribution in [0, 0.1) is 5.41 Å². The minimum absolute atomic E-state index is 0.161. The molecule has 0 aliphatic carbocycles. The molecule has 0 unspecified atom stereocenters. The Kier molecular flexibility index (Phi) is 8.37. The lowest BCUT2D eigenvalue weighted by atomic mass is 9.91. The number of hydrogen-bond donors (Lipinski definition) is 1. The molecule has 0 aromatic carbocycles. The summed E-state index contributed by atoms with van der Waals surface area (Å²) in [5.74, 6) is -0.245. The smallest absolute Gasteiger partial charge is 0.407 e. The molecule has 21 heavy (non-hydrogen) atoms. The predicted molar refractivity (Wildman–Crippen MR) is 83.1 cm³/mol. The highest BCUT2D eigenvalue weighted by Crippen LogP contribution is 2.24. The molecule has 5 nitrogen and oxygen atoms in total. The average Bonchev–Trinajstić information content (AvgIpc) is 2.49. The van der Waals surface area contributed by atoms with Crippen molar-refractivity contribution in [3.05, 3.63) is 0 Å². The largest absolute Gasteiger partial charge is 0.463 e. The van der Waals surface area contributed by atoms with E-state index in [2.05, 4.69) is 5.32 Å². The molecule has 0 heterocycles. The lowest BCUT2D eigenvalue weighted by Gasteiger charge is -2.30. The van der Waals surface area contributed by atoms with Crippen LogP contribution in [-0.4, -0.2) is 30.8 Å². The summed E-state index contributed by atoms with van der Waals surface area (Å²) < 4.78 is 10.6. The first-order valence-electron chi connectivity index (χ1n) is 7.91. The Hall–Kier alpha value is -1.26. The molecule has 0 atom stereocenters. The Balaban J connectivity index is 4.09. The second-order valence-corrected chi connectivity index (χ2v) is 5.93. The highest BCUT2D eigenvalue weighted by atomic mass is 16.6. The van der Waals surface area contributed by atoms with Crippen molar-refractivity contribution < 1.29 is 19.1 Å². The van der Waals surface area contributed by atoms with E-state index in [0.717, 1.165) is 19.3 Å². The van der Waals surface area contributed by atoms with Gasteiger partial charge in [0.05, 0.1) is 12.0 Å². The minimum Gasteiger partial charge on any atom is -0.463 e. The van der Waals surface area contributed by atoms with E-state index >= 15 is 0 Å². The van der Waals surface area contributed by atoms with Gasteiger partial charge in [-0.25, -0.2) is 4.79 Å². The number of carbonyl (C=O) groups is 2. The van der Waals surface area contributed by atoms with E-state index in [4.69, 9.17) is 9.47 Å². The maximum absolute atomic E-state index is 11.8. The molecule has 0 saturated heterocycles. The number of alkyl carbamates (subject to hydrolysis) is 1. The van der Waals surface area contributed by atoms with Crippen molar-refractivity contribution in [1.82, 2.24) is 5.32 Å². The van der Waals surface area contributed by atoms with Crippen molar-refractivity contribution in [3.8, 4) is 0 Å². The Morgan fingerprint density at radius 2 is 1.48 bits per heavy atom. The summed E-state index contributed by atoms with van der Waals surface area (Å²) in [5.41, 5.74) is -0.882. The van der Waals surface area contributed by atoms with Crippen LogP contribution in [0.15, 0.2) is 0 Å². The zero-order valence-electron chi connectivity index (χ0n) is 14.4. The van der Waals surface area contributed by atoms with Crippen molar-refractivity contribution in [3.63, 3.8) is 0 Å². The number of ether oxygens (including phenoxy) is 2. The highest BCUT2D eigenvalue weighted by Gasteiger charge is 2.29. The van der Waals surface area contributed by atoms with E-state index in [1.165, 1.54) is 0 Å². The van der Waals surface area contributed by atoms with E-state index in [1.54, 1.807) is 0 Å². The lowest BCUT2D eigenvalue weighted by molar-refractivity contribution is -0.153. The number of rotatable bonds is 9. The Morgan fingerprint density at radius 3 is 1.90 bits per heavy atom. The zero-order valence-corrected chi connectivity index (χ0v) is 14.4. The minimum atomic E-state index is -0.484. The zero-order chi connectivity index (χ0) is 16.5. The number of amides is 1. The third-order valence-electron chi connectivity index (χ3n) is 4.28. The van der Waals surface area contributed by atoms with Gasteiger partial charge in [-0.3, -0.25) is 4.79 Å². The average molecular weight is 301 g/mol. The molecule has 0 fully saturated rings. The summed E-state index contributed by atoms with van der Waals surface area (Å²) >= 11 is 0. The van der Waals surface area contributed by atoms with Gasteiger partial charge in [-0.15, -0.1) is 0 Å². The summed E-state index contributed by atoms with van der Waals surface area (Å²) in [6.07, 6.45) is 2.62. The van der Waals surface area contributed by atoms with Crippen molar-refractivity contribution in [2.24, 2.45) is 5.41 Å². The fourth-order valence-corrected chi connectivity index (χ4v) is 1.84. The predicted octanol–water partition coefficient (Wildman–Crippen LogP) is 3.66. The van der Waals surface area contributed by atoms with E-state index in [0.29, 0.717) is 6.42 Å². The monoisotopic (exact) mass is 301 g/mol. The summed E-state index contributed by atoms with van der Waals surface area (Å²) in [7, 11) is 0. The topological polar surface area (TPSA) is 64.6 Å². The van der Waals surface area contributed by atoms with Crippen molar-refractivity contribution >= 4 is 12.1 Å². The van der Waals surface area contributed by atoms with Crippen LogP contribution in [0.1, 0.15) is 67.2 Å². The molecule has 0 aromatic heterocycles. The van der Waals surface area contributed by atoms with Crippen LogP contribution >= 0.6 is 0 Å². The molecule has 0 aliphatic rings. The molecular formula is C16H31NO4. The molecule has 124 valence electrons. The van der Waals surface area contributed by atoms with Gasteiger partial charge in [0.1, 0.15) is 12.2 Å². The van der Waals surface area contributed by atoms with Crippen LogP contribution in [0.3, 0.4) is 0 Å². The quantitative estimate of drug-likeness (QED) is 0.521. The number of esters is 1. The van der Waals surface area contributed by atoms with E-state index in [-0.39, 0.29) is 19.1 Å². The molecule has 0 radical (unpaired) electrons. The fraction of sp³-hybridized carbons (Fsp3) is 0.875. The molecule has 1 amide bonds. The van der Waals surface area contributed by atoms with Crippen molar-refractivity contribution in [2.75, 3.05) is 13.2 Å². The maximum Gasteiger partial charge on any atom is 0.407 e. The number of hydrogen-bond acceptors (Lipinski definition) is 4. The Labute approximate surface area is 128 Å².